The zero-order valence-electron chi connectivity index (χ0n) is 20.9. The molecule has 32 heavy (non-hydrogen) atoms. The van der Waals surface area contributed by atoms with E-state index in [1.54, 1.807) is 6.92 Å². The maximum absolute atomic E-state index is 13.1. The van der Waals surface area contributed by atoms with Gasteiger partial charge in [0.2, 0.25) is 0 Å². The Morgan fingerprint density at radius 1 is 1.03 bits per heavy atom. The number of Topliss-reactive ketones (excluding diaryl/α,β-unsaturated/α-hetero) is 1. The molecule has 0 bridgehead atoms. The molecule has 9 atom stereocenters. The Morgan fingerprint density at radius 2 is 1.75 bits per heavy atom. The molecule has 0 aliphatic heterocycles. The molecule has 4 aliphatic carbocycles. The van der Waals surface area contributed by atoms with Crippen LogP contribution in [0.5, 0.6) is 0 Å². The third kappa shape index (κ3) is 3.96. The molecule has 0 amide bonds. The lowest BCUT2D eigenvalue weighted by Gasteiger charge is -2.62. The summed E-state index contributed by atoms with van der Waals surface area (Å²) in [6.45, 7) is 12.7. The topological polar surface area (TPSA) is 66.8 Å². The molecule has 182 valence electrons. The van der Waals surface area contributed by atoms with Crippen molar-refractivity contribution in [1.82, 2.24) is 4.90 Å². The van der Waals surface area contributed by atoms with E-state index in [9.17, 15) is 14.7 Å². The van der Waals surface area contributed by atoms with E-state index in [-0.39, 0.29) is 34.9 Å². The van der Waals surface area contributed by atoms with Crippen molar-refractivity contribution in [3.05, 3.63) is 0 Å². The Hall–Kier alpha value is -0.940. The molecule has 0 aromatic heterocycles. The predicted octanol–water partition coefficient (Wildman–Crippen LogP) is 4.46. The summed E-state index contributed by atoms with van der Waals surface area (Å²) < 4.78 is 6.38. The lowest BCUT2D eigenvalue weighted by molar-refractivity contribution is -0.199. The number of esters is 1. The van der Waals surface area contributed by atoms with Crippen molar-refractivity contribution in [3.63, 3.8) is 0 Å². The minimum absolute atomic E-state index is 0.0650. The average molecular weight is 448 g/mol. The number of carbonyl (C=O) groups excluding carboxylic acids is 2. The highest BCUT2D eigenvalue weighted by Gasteiger charge is 2.64. The number of ketones is 1. The van der Waals surface area contributed by atoms with Gasteiger partial charge in [0, 0.05) is 11.8 Å². The van der Waals surface area contributed by atoms with Crippen LogP contribution in [0.3, 0.4) is 0 Å². The molecule has 1 N–H and O–H groups in total. The first-order valence-electron chi connectivity index (χ1n) is 13.2. The summed E-state index contributed by atoms with van der Waals surface area (Å²) in [4.78, 5) is 27.8. The van der Waals surface area contributed by atoms with Gasteiger partial charge in [0.1, 0.15) is 11.9 Å². The van der Waals surface area contributed by atoms with Crippen LogP contribution in [-0.2, 0) is 14.3 Å². The molecular formula is C27H45NO4. The van der Waals surface area contributed by atoms with E-state index in [0.717, 1.165) is 64.5 Å². The quantitative estimate of drug-likeness (QED) is 0.609. The van der Waals surface area contributed by atoms with E-state index in [1.807, 2.05) is 0 Å². The van der Waals surface area contributed by atoms with E-state index in [0.29, 0.717) is 36.0 Å². The van der Waals surface area contributed by atoms with Gasteiger partial charge in [0.25, 0.3) is 0 Å². The van der Waals surface area contributed by atoms with Crippen LogP contribution in [0.15, 0.2) is 0 Å². The molecule has 0 heterocycles. The molecule has 0 spiro atoms. The Kier molecular flexibility index (Phi) is 6.82. The van der Waals surface area contributed by atoms with Crippen LogP contribution < -0.4 is 0 Å². The summed E-state index contributed by atoms with van der Waals surface area (Å²) in [5, 5.41) is 10.4. The maximum atomic E-state index is 13.1. The highest BCUT2D eigenvalue weighted by molar-refractivity contribution is 5.79. The fourth-order valence-corrected chi connectivity index (χ4v) is 8.94. The van der Waals surface area contributed by atoms with E-state index < -0.39 is 0 Å². The van der Waals surface area contributed by atoms with Gasteiger partial charge in [-0.15, -0.1) is 0 Å². The van der Waals surface area contributed by atoms with Crippen molar-refractivity contribution < 1.29 is 19.4 Å². The fourth-order valence-electron chi connectivity index (χ4n) is 8.94. The zero-order chi connectivity index (χ0) is 23.3. The number of hydrogen-bond acceptors (Lipinski definition) is 5. The maximum Gasteiger partial charge on any atom is 0.320 e. The molecule has 0 saturated heterocycles. The molecule has 0 unspecified atom stereocenters. The highest BCUT2D eigenvalue weighted by atomic mass is 16.5. The number of nitrogens with zero attached hydrogens (tertiary/aromatic N) is 1. The van der Waals surface area contributed by atoms with Gasteiger partial charge in [0.05, 0.1) is 12.6 Å². The second-order valence-corrected chi connectivity index (χ2v) is 11.9. The summed E-state index contributed by atoms with van der Waals surface area (Å²) in [6, 6.07) is 0. The highest BCUT2D eigenvalue weighted by Crippen LogP contribution is 2.68. The molecule has 4 fully saturated rings. The van der Waals surface area contributed by atoms with E-state index in [1.165, 1.54) is 0 Å². The molecule has 4 rings (SSSR count). The fraction of sp³-hybridized carbons (Fsp3) is 0.926. The predicted molar refractivity (Wildman–Crippen MR) is 125 cm³/mol. The number of likely N-dealkylation sites (N-methyl/N-ethyl adjacent to an activating group) is 1. The van der Waals surface area contributed by atoms with E-state index in [4.69, 9.17) is 4.74 Å². The van der Waals surface area contributed by atoms with Crippen molar-refractivity contribution in [2.45, 2.75) is 98.2 Å². The van der Waals surface area contributed by atoms with Crippen LogP contribution in [0.4, 0.5) is 0 Å². The molecule has 0 aromatic carbocycles. The van der Waals surface area contributed by atoms with Gasteiger partial charge in [-0.1, -0.05) is 27.7 Å². The molecule has 0 aromatic rings. The van der Waals surface area contributed by atoms with Crippen molar-refractivity contribution in [1.29, 1.82) is 0 Å². The third-order valence-electron chi connectivity index (χ3n) is 10.6. The Labute approximate surface area is 194 Å². The van der Waals surface area contributed by atoms with Gasteiger partial charge in [-0.3, -0.25) is 14.5 Å². The van der Waals surface area contributed by atoms with Crippen LogP contribution in [-0.4, -0.2) is 53.6 Å². The second kappa shape index (κ2) is 9.02. The molecule has 0 radical (unpaired) electrons. The van der Waals surface area contributed by atoms with Gasteiger partial charge in [-0.05, 0) is 100.0 Å². The average Bonchev–Trinajstić information content (AvgIpc) is 3.09. The normalized spacial score (nSPS) is 45.7. The van der Waals surface area contributed by atoms with E-state index in [2.05, 4.69) is 32.6 Å². The smallest absolute Gasteiger partial charge is 0.320 e. The number of rotatable bonds is 6. The first kappa shape index (κ1) is 24.2. The SMILES string of the molecule is CCN(CC)CC(=O)O[C@H]1C[C@]2(C)[C@@H](C(C)=O)CC[C@H]2[C@@H]2CC[C@H]3C[C@H](O)CC[C@]3(C)[C@H]21. The number of carbonyl (C=O) groups is 2. The first-order valence-corrected chi connectivity index (χ1v) is 13.2. The van der Waals surface area contributed by atoms with Crippen LogP contribution in [0.2, 0.25) is 0 Å². The largest absolute Gasteiger partial charge is 0.461 e. The first-order chi connectivity index (χ1) is 15.1. The van der Waals surface area contributed by atoms with Crippen LogP contribution in [0, 0.1) is 40.4 Å². The summed E-state index contributed by atoms with van der Waals surface area (Å²) in [5.41, 5.74) is 0.0441. The van der Waals surface area contributed by atoms with E-state index >= 15 is 0 Å². The summed E-state index contributed by atoms with van der Waals surface area (Å²) in [7, 11) is 0. The minimum Gasteiger partial charge on any atom is -0.461 e. The number of hydrogen-bond donors (Lipinski definition) is 1. The summed E-state index contributed by atoms with van der Waals surface area (Å²) in [6.07, 6.45) is 7.69. The third-order valence-corrected chi connectivity index (χ3v) is 10.6. The van der Waals surface area contributed by atoms with Gasteiger partial charge in [-0.25, -0.2) is 0 Å². The summed E-state index contributed by atoms with van der Waals surface area (Å²) >= 11 is 0. The summed E-state index contributed by atoms with van der Waals surface area (Å²) in [5.74, 6) is 2.20. The number of aliphatic hydroxyl groups excluding tert-OH is 1. The standard InChI is InChI=1S/C27H45NO4/c1-6-28(7-2)16-24(31)32-23-15-27(5)21(17(3)29)10-11-22(27)20-9-8-18-14-19(30)12-13-26(18,4)25(20)23/h18-23,25,30H,6-16H2,1-5H3/t18-,19+,20-,21+,22-,23-,25+,26-,27+/m0/s1. The van der Waals surface area contributed by atoms with Crippen LogP contribution in [0.1, 0.15) is 86.0 Å². The molecular weight excluding hydrogens is 402 g/mol. The lowest BCUT2D eigenvalue weighted by atomic mass is 9.43. The lowest BCUT2D eigenvalue weighted by Crippen LogP contribution is -2.60. The minimum atomic E-state index is -0.185. The molecule has 4 aliphatic rings. The Balaban J connectivity index is 1.66. The molecule has 5 heteroatoms. The van der Waals surface area contributed by atoms with Crippen molar-refractivity contribution in [2.24, 2.45) is 40.4 Å². The number of fused-ring (bicyclic) bond motifs is 5. The Bertz CT molecular complexity index is 720. The Morgan fingerprint density at radius 3 is 2.41 bits per heavy atom. The van der Waals surface area contributed by atoms with Gasteiger partial charge >= 0.3 is 5.97 Å². The monoisotopic (exact) mass is 447 g/mol. The molecule has 5 nitrogen and oxygen atoms in total. The van der Waals surface area contributed by atoms with Crippen molar-refractivity contribution in [2.75, 3.05) is 19.6 Å². The van der Waals surface area contributed by atoms with Crippen molar-refractivity contribution >= 4 is 11.8 Å². The van der Waals surface area contributed by atoms with Crippen LogP contribution in [0.25, 0.3) is 0 Å². The number of aliphatic hydroxyl groups is 1. The van der Waals surface area contributed by atoms with Crippen molar-refractivity contribution in [3.8, 4) is 0 Å². The molecule has 4 saturated carbocycles. The second-order valence-electron chi connectivity index (χ2n) is 11.9. The van der Waals surface area contributed by atoms with Crippen LogP contribution >= 0.6 is 0 Å². The zero-order valence-corrected chi connectivity index (χ0v) is 20.9. The number of ether oxygens (including phenoxy) is 1. The van der Waals surface area contributed by atoms with Gasteiger partial charge in [0.15, 0.2) is 0 Å². The van der Waals surface area contributed by atoms with Gasteiger partial charge in [-0.2, -0.15) is 0 Å². The van der Waals surface area contributed by atoms with Gasteiger partial charge < -0.3 is 9.84 Å².